The molecule has 0 radical (unpaired) electrons. The Hall–Kier alpha value is -2.84. The summed E-state index contributed by atoms with van der Waals surface area (Å²) in [5, 5.41) is 0.137. The normalized spacial score (nSPS) is 12.5. The number of imidazole rings is 1. The van der Waals surface area contributed by atoms with Gasteiger partial charge in [0.2, 0.25) is 0 Å². The predicted octanol–water partition coefficient (Wildman–Crippen LogP) is 5.86. The zero-order valence-corrected chi connectivity index (χ0v) is 19.3. The number of rotatable bonds is 8. The molecule has 0 spiro atoms. The summed E-state index contributed by atoms with van der Waals surface area (Å²) in [5.74, 6) is -1.30. The van der Waals surface area contributed by atoms with Gasteiger partial charge in [-0.25, -0.2) is 13.4 Å². The van der Waals surface area contributed by atoms with Crippen molar-refractivity contribution in [1.82, 2.24) is 9.55 Å². The number of benzene rings is 2. The van der Waals surface area contributed by atoms with Crippen molar-refractivity contribution < 1.29 is 44.2 Å². The Kier molecular flexibility index (Phi) is 7.67. The van der Waals surface area contributed by atoms with E-state index in [0.29, 0.717) is 11.8 Å². The van der Waals surface area contributed by atoms with E-state index >= 15 is 0 Å². The maximum atomic E-state index is 12.9. The molecule has 0 bridgehead atoms. The molecular formula is C19H13Cl2F6N3O4S. The highest BCUT2D eigenvalue weighted by molar-refractivity contribution is 7.92. The van der Waals surface area contributed by atoms with Gasteiger partial charge in [-0.2, -0.15) is 26.3 Å². The average molecular weight is 564 g/mol. The number of anilines is 1. The molecule has 0 saturated heterocycles. The highest BCUT2D eigenvalue weighted by Crippen LogP contribution is 2.32. The minimum Gasteiger partial charge on any atom is -0.484 e. The molecule has 16 heteroatoms. The van der Waals surface area contributed by atoms with Crippen LogP contribution in [0.25, 0.3) is 5.69 Å². The molecule has 0 aliphatic carbocycles. The first-order chi connectivity index (χ1) is 16.1. The summed E-state index contributed by atoms with van der Waals surface area (Å²) in [4.78, 5) is 2.94. The van der Waals surface area contributed by atoms with E-state index in [2.05, 4.69) is 19.2 Å². The summed E-state index contributed by atoms with van der Waals surface area (Å²) < 4.78 is 114. The van der Waals surface area contributed by atoms with Crippen LogP contribution in [0.5, 0.6) is 11.5 Å². The number of aromatic nitrogens is 2. The largest absolute Gasteiger partial charge is 0.484 e. The van der Waals surface area contributed by atoms with Crippen LogP contribution in [0.3, 0.4) is 0 Å². The van der Waals surface area contributed by atoms with Gasteiger partial charge in [0, 0.05) is 17.4 Å². The first kappa shape index (κ1) is 26.8. The Bertz CT molecular complexity index is 1300. The van der Waals surface area contributed by atoms with Crippen LogP contribution >= 0.6 is 23.2 Å². The lowest BCUT2D eigenvalue weighted by atomic mass is 10.3. The number of alkyl halides is 6. The van der Waals surface area contributed by atoms with Gasteiger partial charge in [0.1, 0.15) is 22.7 Å². The van der Waals surface area contributed by atoms with Crippen LogP contribution in [-0.2, 0) is 10.0 Å². The summed E-state index contributed by atoms with van der Waals surface area (Å²) in [6, 6.07) is 7.72. The lowest BCUT2D eigenvalue weighted by Crippen LogP contribution is -2.22. The molecule has 0 saturated carbocycles. The Morgan fingerprint density at radius 1 is 0.914 bits per heavy atom. The molecule has 0 atom stereocenters. The SMILES string of the molecule is O=S(=O)(Nc1ccc(-n2cnc(Cl)c2Cl)cc1)c1cc(OCC(F)(F)F)ccc1OCC(F)(F)F. The van der Waals surface area contributed by atoms with Gasteiger partial charge in [-0.3, -0.25) is 9.29 Å². The Morgan fingerprint density at radius 2 is 1.51 bits per heavy atom. The third kappa shape index (κ3) is 7.32. The minimum atomic E-state index is -4.80. The predicted molar refractivity (Wildman–Crippen MR) is 114 cm³/mol. The molecular weight excluding hydrogens is 551 g/mol. The quantitative estimate of drug-likeness (QED) is 0.347. The fourth-order valence-electron chi connectivity index (χ4n) is 2.62. The zero-order valence-electron chi connectivity index (χ0n) is 17.0. The summed E-state index contributed by atoms with van der Waals surface area (Å²) >= 11 is 11.8. The van der Waals surface area contributed by atoms with Crippen molar-refractivity contribution >= 4 is 38.9 Å². The van der Waals surface area contributed by atoms with Crippen LogP contribution in [0.4, 0.5) is 32.0 Å². The van der Waals surface area contributed by atoms with Crippen LogP contribution in [-0.4, -0.2) is 43.5 Å². The number of hydrogen-bond donors (Lipinski definition) is 1. The molecule has 3 aromatic rings. The molecule has 0 aliphatic heterocycles. The second-order valence-corrected chi connectivity index (χ2v) is 9.13. The number of nitrogens with one attached hydrogen (secondary N) is 1. The summed E-state index contributed by atoms with van der Waals surface area (Å²) in [5.41, 5.74) is 0.425. The van der Waals surface area contributed by atoms with Gasteiger partial charge in [-0.05, 0) is 36.4 Å². The molecule has 2 aromatic carbocycles. The fraction of sp³-hybridized carbons (Fsp3) is 0.211. The molecule has 190 valence electrons. The average Bonchev–Trinajstić information content (AvgIpc) is 3.08. The van der Waals surface area contributed by atoms with Crippen molar-refractivity contribution in [3.8, 4) is 17.2 Å². The highest BCUT2D eigenvalue weighted by Gasteiger charge is 2.31. The molecule has 0 fully saturated rings. The smallest absolute Gasteiger partial charge is 0.422 e. The van der Waals surface area contributed by atoms with Gasteiger partial charge in [0.15, 0.2) is 23.5 Å². The van der Waals surface area contributed by atoms with E-state index < -0.39 is 52.0 Å². The van der Waals surface area contributed by atoms with Crippen LogP contribution < -0.4 is 14.2 Å². The van der Waals surface area contributed by atoms with Gasteiger partial charge in [-0.1, -0.05) is 23.2 Å². The van der Waals surface area contributed by atoms with Crippen molar-refractivity contribution in [2.24, 2.45) is 0 Å². The maximum Gasteiger partial charge on any atom is 0.422 e. The van der Waals surface area contributed by atoms with E-state index in [-0.39, 0.29) is 16.0 Å². The molecule has 7 nitrogen and oxygen atoms in total. The third-order valence-corrected chi connectivity index (χ3v) is 6.20. The molecule has 3 rings (SSSR count). The number of hydrogen-bond acceptors (Lipinski definition) is 5. The molecule has 1 heterocycles. The van der Waals surface area contributed by atoms with Crippen molar-refractivity contribution in [2.45, 2.75) is 17.2 Å². The number of ether oxygens (including phenoxy) is 2. The second kappa shape index (κ2) is 10.0. The van der Waals surface area contributed by atoms with Crippen molar-refractivity contribution in [3.05, 3.63) is 59.1 Å². The number of nitrogens with zero attached hydrogens (tertiary/aromatic N) is 2. The topological polar surface area (TPSA) is 82.5 Å². The van der Waals surface area contributed by atoms with E-state index in [4.69, 9.17) is 23.2 Å². The molecule has 1 aromatic heterocycles. The first-order valence-electron chi connectivity index (χ1n) is 9.19. The minimum absolute atomic E-state index is 0.0283. The second-order valence-electron chi connectivity index (χ2n) is 6.76. The third-order valence-electron chi connectivity index (χ3n) is 4.06. The standard InChI is InChI=1S/C19H13Cl2F6N3O4S/c20-16-17(21)30(10-28-16)12-3-1-11(2-4-12)29-35(31,32)15-7-13(33-8-18(22,23)24)5-6-14(15)34-9-19(25,26)27/h1-7,10,29H,8-9H2. The monoisotopic (exact) mass is 563 g/mol. The Morgan fingerprint density at radius 3 is 2.06 bits per heavy atom. The zero-order chi connectivity index (χ0) is 26.0. The van der Waals surface area contributed by atoms with Crippen molar-refractivity contribution in [1.29, 1.82) is 0 Å². The number of halogens is 8. The summed E-state index contributed by atoms with van der Waals surface area (Å²) in [6.07, 6.45) is -8.21. The maximum absolute atomic E-state index is 12.9. The fourth-order valence-corrected chi connectivity index (χ4v) is 4.17. The number of sulfonamides is 1. The molecule has 35 heavy (non-hydrogen) atoms. The molecule has 0 amide bonds. The van der Waals surface area contributed by atoms with Gasteiger partial charge in [-0.15, -0.1) is 0 Å². The summed E-state index contributed by atoms with van der Waals surface area (Å²) in [7, 11) is -4.64. The lowest BCUT2D eigenvalue weighted by Gasteiger charge is -2.16. The van der Waals surface area contributed by atoms with Gasteiger partial charge >= 0.3 is 12.4 Å². The van der Waals surface area contributed by atoms with Gasteiger partial charge in [0.25, 0.3) is 10.0 Å². The Labute approximate surface area is 204 Å². The van der Waals surface area contributed by atoms with Gasteiger partial charge in [0.05, 0.1) is 0 Å². The molecule has 0 unspecified atom stereocenters. The first-order valence-corrected chi connectivity index (χ1v) is 11.4. The van der Waals surface area contributed by atoms with Crippen molar-refractivity contribution in [2.75, 3.05) is 17.9 Å². The van der Waals surface area contributed by atoms with Crippen LogP contribution in [0, 0.1) is 0 Å². The summed E-state index contributed by atoms with van der Waals surface area (Å²) in [6.45, 7) is -3.58. The van der Waals surface area contributed by atoms with Crippen molar-refractivity contribution in [3.63, 3.8) is 0 Å². The van der Waals surface area contributed by atoms with Crippen LogP contribution in [0.1, 0.15) is 0 Å². The van der Waals surface area contributed by atoms with E-state index in [9.17, 15) is 34.8 Å². The lowest BCUT2D eigenvalue weighted by molar-refractivity contribution is -0.154. The highest BCUT2D eigenvalue weighted by atomic mass is 35.5. The molecule has 1 N–H and O–H groups in total. The van der Waals surface area contributed by atoms with E-state index in [1.807, 2.05) is 0 Å². The van der Waals surface area contributed by atoms with E-state index in [1.165, 1.54) is 35.2 Å². The Balaban J connectivity index is 1.89. The van der Waals surface area contributed by atoms with Crippen LogP contribution in [0.2, 0.25) is 10.3 Å². The van der Waals surface area contributed by atoms with E-state index in [1.54, 1.807) is 0 Å². The van der Waals surface area contributed by atoms with Gasteiger partial charge < -0.3 is 9.47 Å². The van der Waals surface area contributed by atoms with E-state index in [0.717, 1.165) is 12.1 Å². The van der Waals surface area contributed by atoms with Crippen LogP contribution in [0.15, 0.2) is 53.7 Å². The molecule has 0 aliphatic rings.